The van der Waals surface area contributed by atoms with Crippen molar-refractivity contribution in [1.82, 2.24) is 0 Å². The quantitative estimate of drug-likeness (QED) is 0.839. The van der Waals surface area contributed by atoms with Gasteiger partial charge < -0.3 is 14.8 Å². The Morgan fingerprint density at radius 2 is 1.89 bits per heavy atom. The first-order valence-electron chi connectivity index (χ1n) is 5.91. The largest absolute Gasteiger partial charge is 0.492 e. The van der Waals surface area contributed by atoms with E-state index in [1.54, 1.807) is 24.3 Å². The third-order valence-electron chi connectivity index (χ3n) is 2.79. The second-order valence-electron chi connectivity index (χ2n) is 4.30. The highest BCUT2D eigenvalue weighted by Gasteiger charge is 2.16. The van der Waals surface area contributed by atoms with Crippen LogP contribution in [0.2, 0.25) is 5.02 Å². The Balaban J connectivity index is 2.14. The highest BCUT2D eigenvalue weighted by Crippen LogP contribution is 2.19. The Kier molecular flexibility index (Phi) is 4.48. The van der Waals surface area contributed by atoms with Gasteiger partial charge in [0, 0.05) is 16.0 Å². The van der Waals surface area contributed by atoms with Gasteiger partial charge in [-0.25, -0.2) is 0 Å². The van der Waals surface area contributed by atoms with Gasteiger partial charge in [-0.1, -0.05) is 41.9 Å². The lowest BCUT2D eigenvalue weighted by Crippen LogP contribution is -2.31. The zero-order valence-corrected chi connectivity index (χ0v) is 11.3. The molecule has 2 rings (SSSR count). The smallest absolute Gasteiger partial charge is 0.489 e. The molecule has 0 bridgehead atoms. The molecule has 0 aromatic heterocycles. The van der Waals surface area contributed by atoms with Gasteiger partial charge in [0.2, 0.25) is 0 Å². The molecule has 98 valence electrons. The molecule has 2 N–H and O–H groups in total. The summed E-state index contributed by atoms with van der Waals surface area (Å²) < 4.78 is 5.60. The van der Waals surface area contributed by atoms with Gasteiger partial charge in [0.05, 0.1) is 0 Å². The van der Waals surface area contributed by atoms with Gasteiger partial charge >= 0.3 is 7.12 Å². The molecule has 0 fully saturated rings. The molecule has 2 aromatic rings. The van der Waals surface area contributed by atoms with Gasteiger partial charge in [-0.15, -0.1) is 0 Å². The van der Waals surface area contributed by atoms with Crippen LogP contribution in [-0.4, -0.2) is 17.2 Å². The van der Waals surface area contributed by atoms with Crippen LogP contribution in [-0.2, 0) is 6.61 Å². The molecule has 19 heavy (non-hydrogen) atoms. The van der Waals surface area contributed by atoms with Crippen molar-refractivity contribution >= 4 is 24.2 Å². The minimum atomic E-state index is -1.55. The lowest BCUT2D eigenvalue weighted by molar-refractivity contribution is 0.307. The van der Waals surface area contributed by atoms with E-state index in [0.717, 1.165) is 11.1 Å². The number of ether oxygens (including phenoxy) is 1. The van der Waals surface area contributed by atoms with Crippen LogP contribution < -0.4 is 10.2 Å². The summed E-state index contributed by atoms with van der Waals surface area (Å²) in [5.41, 5.74) is 2.28. The van der Waals surface area contributed by atoms with Gasteiger partial charge in [-0.05, 0) is 24.6 Å². The molecule has 0 aliphatic rings. The molecule has 5 heteroatoms. The number of hydrogen-bond acceptors (Lipinski definition) is 3. The number of benzene rings is 2. The van der Waals surface area contributed by atoms with Gasteiger partial charge in [0.1, 0.15) is 12.4 Å². The van der Waals surface area contributed by atoms with E-state index in [4.69, 9.17) is 16.3 Å². The Morgan fingerprint density at radius 1 is 1.16 bits per heavy atom. The zero-order valence-electron chi connectivity index (χ0n) is 10.5. The molecule has 3 nitrogen and oxygen atoms in total. The van der Waals surface area contributed by atoms with Crippen LogP contribution in [0, 0.1) is 6.92 Å². The Morgan fingerprint density at radius 3 is 2.58 bits per heavy atom. The Labute approximate surface area is 117 Å². The van der Waals surface area contributed by atoms with Gasteiger partial charge in [-0.3, -0.25) is 0 Å². The summed E-state index contributed by atoms with van der Waals surface area (Å²) in [5.74, 6) is 0.439. The predicted octanol–water partition coefficient (Wildman–Crippen LogP) is 1.91. The van der Waals surface area contributed by atoms with E-state index in [-0.39, 0.29) is 6.61 Å². The molecule has 0 unspecified atom stereocenters. The number of halogens is 1. The summed E-state index contributed by atoms with van der Waals surface area (Å²) in [5, 5.41) is 19.1. The summed E-state index contributed by atoms with van der Waals surface area (Å²) in [4.78, 5) is 0. The first kappa shape index (κ1) is 13.9. The maximum Gasteiger partial charge on any atom is 0.492 e. The molecule has 0 spiro atoms. The van der Waals surface area contributed by atoms with Crippen molar-refractivity contribution in [2.45, 2.75) is 13.5 Å². The van der Waals surface area contributed by atoms with Crippen molar-refractivity contribution in [2.24, 2.45) is 0 Å². The SMILES string of the molecule is Cc1ccc(COc2ccccc2B(O)O)c(Cl)c1. The molecule has 0 saturated heterocycles. The van der Waals surface area contributed by atoms with Crippen LogP contribution in [0.25, 0.3) is 0 Å². The van der Waals surface area contributed by atoms with E-state index < -0.39 is 7.12 Å². The number of aryl methyl sites for hydroxylation is 1. The lowest BCUT2D eigenvalue weighted by atomic mass is 9.79. The maximum atomic E-state index is 9.24. The van der Waals surface area contributed by atoms with Crippen LogP contribution >= 0.6 is 11.6 Å². The van der Waals surface area contributed by atoms with Crippen molar-refractivity contribution in [3.05, 3.63) is 58.6 Å². The maximum absolute atomic E-state index is 9.24. The van der Waals surface area contributed by atoms with Crippen LogP contribution in [0.15, 0.2) is 42.5 Å². The lowest BCUT2D eigenvalue weighted by Gasteiger charge is -2.12. The van der Waals surface area contributed by atoms with Gasteiger partial charge in [0.25, 0.3) is 0 Å². The van der Waals surface area contributed by atoms with Crippen molar-refractivity contribution in [1.29, 1.82) is 0 Å². The zero-order chi connectivity index (χ0) is 13.8. The average molecular weight is 277 g/mol. The first-order chi connectivity index (χ1) is 9.08. The summed E-state index contributed by atoms with van der Waals surface area (Å²) in [6, 6.07) is 12.5. The molecule has 0 amide bonds. The highest BCUT2D eigenvalue weighted by atomic mass is 35.5. The van der Waals surface area contributed by atoms with Crippen LogP contribution in [0.5, 0.6) is 5.75 Å². The van der Waals surface area contributed by atoms with Crippen molar-refractivity contribution in [3.63, 3.8) is 0 Å². The van der Waals surface area contributed by atoms with Crippen LogP contribution in [0.1, 0.15) is 11.1 Å². The number of para-hydroxylation sites is 1. The molecule has 0 saturated carbocycles. The van der Waals surface area contributed by atoms with Crippen molar-refractivity contribution in [3.8, 4) is 5.75 Å². The number of rotatable bonds is 4. The topological polar surface area (TPSA) is 49.7 Å². The Hall–Kier alpha value is -1.49. The molecule has 0 aliphatic heterocycles. The normalized spacial score (nSPS) is 10.3. The second-order valence-corrected chi connectivity index (χ2v) is 4.70. The summed E-state index contributed by atoms with van der Waals surface area (Å²) in [6.45, 7) is 2.25. The molecular weight excluding hydrogens is 262 g/mol. The molecule has 0 heterocycles. The second kappa shape index (κ2) is 6.11. The van der Waals surface area contributed by atoms with E-state index in [9.17, 15) is 10.0 Å². The average Bonchev–Trinajstić information content (AvgIpc) is 2.38. The van der Waals surface area contributed by atoms with Crippen LogP contribution in [0.3, 0.4) is 0 Å². The fourth-order valence-corrected chi connectivity index (χ4v) is 2.04. The molecule has 0 atom stereocenters. The third kappa shape index (κ3) is 3.50. The van der Waals surface area contributed by atoms with Gasteiger partial charge in [-0.2, -0.15) is 0 Å². The van der Waals surface area contributed by atoms with Crippen molar-refractivity contribution in [2.75, 3.05) is 0 Å². The van der Waals surface area contributed by atoms with E-state index in [0.29, 0.717) is 16.2 Å². The summed E-state index contributed by atoms with van der Waals surface area (Å²) in [6.07, 6.45) is 0. The molecule has 0 aliphatic carbocycles. The van der Waals surface area contributed by atoms with E-state index in [2.05, 4.69) is 0 Å². The highest BCUT2D eigenvalue weighted by molar-refractivity contribution is 6.59. The fraction of sp³-hybridized carbons (Fsp3) is 0.143. The predicted molar refractivity (Wildman–Crippen MR) is 76.8 cm³/mol. The Bertz CT molecular complexity index is 572. The summed E-state index contributed by atoms with van der Waals surface area (Å²) in [7, 11) is -1.55. The van der Waals surface area contributed by atoms with Crippen LogP contribution in [0.4, 0.5) is 0 Å². The molecule has 2 aromatic carbocycles. The minimum absolute atomic E-state index is 0.281. The monoisotopic (exact) mass is 276 g/mol. The minimum Gasteiger partial charge on any atom is -0.489 e. The van der Waals surface area contributed by atoms with Gasteiger partial charge in [0.15, 0.2) is 0 Å². The third-order valence-corrected chi connectivity index (χ3v) is 3.14. The summed E-state index contributed by atoms with van der Waals surface area (Å²) >= 11 is 6.12. The fourth-order valence-electron chi connectivity index (χ4n) is 1.75. The van der Waals surface area contributed by atoms with E-state index in [1.807, 2.05) is 25.1 Å². The first-order valence-corrected chi connectivity index (χ1v) is 6.28. The molecule has 0 radical (unpaired) electrons. The number of hydrogen-bond donors (Lipinski definition) is 2. The standard InChI is InChI=1S/C14H14BClO3/c1-10-6-7-11(13(16)8-10)9-19-14-5-3-2-4-12(14)15(17)18/h2-8,17-18H,9H2,1H3. The molecular formula is C14H14BClO3. The van der Waals surface area contributed by atoms with Crippen molar-refractivity contribution < 1.29 is 14.8 Å². The van der Waals surface area contributed by atoms with E-state index >= 15 is 0 Å². The van der Waals surface area contributed by atoms with E-state index in [1.165, 1.54) is 0 Å².